The molecular formula is C13H18O3. The number of phenolic OH excluding ortho intramolecular Hbond substituents is 1. The maximum Gasteiger partial charge on any atom is 0.311 e. The van der Waals surface area contributed by atoms with Gasteiger partial charge in [0.25, 0.3) is 0 Å². The number of carbonyl (C=O) groups is 1. The Bertz CT molecular complexity index is 389. The third-order valence-corrected chi connectivity index (χ3v) is 2.34. The van der Waals surface area contributed by atoms with E-state index in [4.69, 9.17) is 4.74 Å². The first-order chi connectivity index (χ1) is 7.34. The van der Waals surface area contributed by atoms with Gasteiger partial charge in [-0.2, -0.15) is 0 Å². The summed E-state index contributed by atoms with van der Waals surface area (Å²) in [5, 5.41) is 9.72. The quantitative estimate of drug-likeness (QED) is 0.618. The first kappa shape index (κ1) is 12.6. The lowest BCUT2D eigenvalue weighted by molar-refractivity contribution is -0.134. The molecular weight excluding hydrogens is 204 g/mol. The Balaban J connectivity index is 2.96. The number of hydrogen-bond donors (Lipinski definition) is 1. The Kier molecular flexibility index (Phi) is 3.58. The molecule has 0 radical (unpaired) electrons. The van der Waals surface area contributed by atoms with Gasteiger partial charge in [-0.15, -0.1) is 0 Å². The number of aromatic hydroxyl groups is 1. The van der Waals surface area contributed by atoms with Crippen LogP contribution in [0.4, 0.5) is 0 Å². The summed E-state index contributed by atoms with van der Waals surface area (Å²) in [5.74, 6) is -0.118. The van der Waals surface area contributed by atoms with Gasteiger partial charge in [0.15, 0.2) is 11.5 Å². The monoisotopic (exact) mass is 222 g/mol. The van der Waals surface area contributed by atoms with Gasteiger partial charge in [-0.3, -0.25) is 4.79 Å². The number of rotatable bonds is 2. The summed E-state index contributed by atoms with van der Waals surface area (Å²) in [5.41, 5.74) is 0.964. The standard InChI is InChI=1S/C13H18O3/c1-5-12(15)16-11-7-6-9(8-10(11)14)13(2,3)4/h6-8,14H,5H2,1-4H3. The Hall–Kier alpha value is -1.51. The molecule has 0 bridgehead atoms. The number of carbonyl (C=O) groups excluding carboxylic acids is 1. The molecule has 0 aliphatic rings. The SMILES string of the molecule is CCC(=O)Oc1ccc(C(C)(C)C)cc1O. The lowest BCUT2D eigenvalue weighted by Gasteiger charge is -2.19. The van der Waals surface area contributed by atoms with Crippen molar-refractivity contribution in [3.05, 3.63) is 23.8 Å². The summed E-state index contributed by atoms with van der Waals surface area (Å²) in [7, 11) is 0. The van der Waals surface area contributed by atoms with Gasteiger partial charge >= 0.3 is 5.97 Å². The Labute approximate surface area is 96.1 Å². The highest BCUT2D eigenvalue weighted by Gasteiger charge is 2.16. The molecule has 0 fully saturated rings. The summed E-state index contributed by atoms with van der Waals surface area (Å²) in [6, 6.07) is 5.12. The van der Waals surface area contributed by atoms with Crippen LogP contribution >= 0.6 is 0 Å². The third kappa shape index (κ3) is 2.99. The van der Waals surface area contributed by atoms with Crippen molar-refractivity contribution in [3.63, 3.8) is 0 Å². The Morgan fingerprint density at radius 2 is 2.00 bits per heavy atom. The molecule has 0 atom stereocenters. The fraction of sp³-hybridized carbons (Fsp3) is 0.462. The zero-order valence-electron chi connectivity index (χ0n) is 10.2. The van der Waals surface area contributed by atoms with E-state index in [0.29, 0.717) is 6.42 Å². The summed E-state index contributed by atoms with van der Waals surface area (Å²) >= 11 is 0. The van der Waals surface area contributed by atoms with Gasteiger partial charge in [-0.05, 0) is 23.1 Å². The average molecular weight is 222 g/mol. The molecule has 0 heterocycles. The van der Waals surface area contributed by atoms with Gasteiger partial charge in [0.05, 0.1) is 0 Å². The van der Waals surface area contributed by atoms with Crippen LogP contribution in [0.3, 0.4) is 0 Å². The molecule has 0 spiro atoms. The topological polar surface area (TPSA) is 46.5 Å². The fourth-order valence-corrected chi connectivity index (χ4v) is 1.27. The molecule has 0 aliphatic heterocycles. The third-order valence-electron chi connectivity index (χ3n) is 2.34. The zero-order chi connectivity index (χ0) is 12.3. The van der Waals surface area contributed by atoms with E-state index in [2.05, 4.69) is 20.8 Å². The van der Waals surface area contributed by atoms with Crippen LogP contribution in [-0.4, -0.2) is 11.1 Å². The Morgan fingerprint density at radius 1 is 1.38 bits per heavy atom. The largest absolute Gasteiger partial charge is 0.504 e. The molecule has 0 aromatic heterocycles. The van der Waals surface area contributed by atoms with Crippen molar-refractivity contribution in [1.82, 2.24) is 0 Å². The lowest BCUT2D eigenvalue weighted by atomic mass is 9.87. The van der Waals surface area contributed by atoms with Gasteiger partial charge < -0.3 is 9.84 Å². The second-order valence-electron chi connectivity index (χ2n) is 4.76. The predicted molar refractivity (Wildman–Crippen MR) is 62.7 cm³/mol. The smallest absolute Gasteiger partial charge is 0.311 e. The van der Waals surface area contributed by atoms with Crippen LogP contribution in [0.25, 0.3) is 0 Å². The van der Waals surface area contributed by atoms with Crippen molar-refractivity contribution in [3.8, 4) is 11.5 Å². The van der Waals surface area contributed by atoms with Crippen LogP contribution in [0.5, 0.6) is 11.5 Å². The summed E-state index contributed by atoms with van der Waals surface area (Å²) in [6.45, 7) is 7.88. The second kappa shape index (κ2) is 4.56. The van der Waals surface area contributed by atoms with Crippen molar-refractivity contribution in [2.24, 2.45) is 0 Å². The van der Waals surface area contributed by atoms with Gasteiger partial charge in [0.1, 0.15) is 0 Å². The van der Waals surface area contributed by atoms with E-state index >= 15 is 0 Å². The molecule has 0 aliphatic carbocycles. The molecule has 0 amide bonds. The van der Waals surface area contributed by atoms with Crippen LogP contribution in [0, 0.1) is 0 Å². The maximum absolute atomic E-state index is 11.1. The first-order valence-corrected chi connectivity index (χ1v) is 5.38. The Morgan fingerprint density at radius 3 is 2.44 bits per heavy atom. The zero-order valence-corrected chi connectivity index (χ0v) is 10.2. The van der Waals surface area contributed by atoms with Crippen molar-refractivity contribution in [2.45, 2.75) is 39.5 Å². The van der Waals surface area contributed by atoms with E-state index in [1.54, 1.807) is 19.1 Å². The highest BCUT2D eigenvalue weighted by Crippen LogP contribution is 2.32. The molecule has 1 rings (SSSR count). The van der Waals surface area contributed by atoms with E-state index in [9.17, 15) is 9.90 Å². The minimum Gasteiger partial charge on any atom is -0.504 e. The molecule has 0 saturated heterocycles. The van der Waals surface area contributed by atoms with Gasteiger partial charge in [-0.1, -0.05) is 33.8 Å². The van der Waals surface area contributed by atoms with E-state index in [1.807, 2.05) is 6.07 Å². The molecule has 0 saturated carbocycles. The van der Waals surface area contributed by atoms with Crippen molar-refractivity contribution in [2.75, 3.05) is 0 Å². The molecule has 0 unspecified atom stereocenters. The van der Waals surface area contributed by atoms with E-state index in [0.717, 1.165) is 5.56 Å². The number of hydrogen-bond acceptors (Lipinski definition) is 3. The second-order valence-corrected chi connectivity index (χ2v) is 4.76. The molecule has 3 heteroatoms. The predicted octanol–water partition coefficient (Wildman–Crippen LogP) is 3.01. The van der Waals surface area contributed by atoms with Crippen molar-refractivity contribution >= 4 is 5.97 Å². The average Bonchev–Trinajstić information content (AvgIpc) is 2.19. The molecule has 1 aromatic rings. The van der Waals surface area contributed by atoms with Gasteiger partial charge in [0, 0.05) is 6.42 Å². The highest BCUT2D eigenvalue weighted by atomic mass is 16.5. The minimum absolute atomic E-state index is 0.00854. The summed E-state index contributed by atoms with van der Waals surface area (Å²) in [4.78, 5) is 11.1. The van der Waals surface area contributed by atoms with E-state index < -0.39 is 0 Å². The lowest BCUT2D eigenvalue weighted by Crippen LogP contribution is -2.11. The number of esters is 1. The number of benzene rings is 1. The highest BCUT2D eigenvalue weighted by molar-refractivity contribution is 5.72. The van der Waals surface area contributed by atoms with Crippen LogP contribution < -0.4 is 4.74 Å². The van der Waals surface area contributed by atoms with Crippen LogP contribution in [0.1, 0.15) is 39.7 Å². The van der Waals surface area contributed by atoms with Gasteiger partial charge in [-0.25, -0.2) is 0 Å². The maximum atomic E-state index is 11.1. The number of ether oxygens (including phenoxy) is 1. The van der Waals surface area contributed by atoms with Crippen LogP contribution in [0.2, 0.25) is 0 Å². The molecule has 3 nitrogen and oxygen atoms in total. The summed E-state index contributed by atoms with van der Waals surface area (Å²) in [6.07, 6.45) is 0.292. The van der Waals surface area contributed by atoms with Crippen LogP contribution in [0.15, 0.2) is 18.2 Å². The number of phenols is 1. The molecule has 1 aromatic carbocycles. The van der Waals surface area contributed by atoms with E-state index in [-0.39, 0.29) is 22.9 Å². The molecule has 1 N–H and O–H groups in total. The van der Waals surface area contributed by atoms with Crippen LogP contribution in [-0.2, 0) is 10.2 Å². The van der Waals surface area contributed by atoms with Crippen molar-refractivity contribution < 1.29 is 14.6 Å². The van der Waals surface area contributed by atoms with E-state index in [1.165, 1.54) is 0 Å². The molecule has 88 valence electrons. The summed E-state index contributed by atoms with van der Waals surface area (Å²) < 4.78 is 4.97. The van der Waals surface area contributed by atoms with Crippen molar-refractivity contribution in [1.29, 1.82) is 0 Å². The minimum atomic E-state index is -0.348. The first-order valence-electron chi connectivity index (χ1n) is 5.38. The molecule has 16 heavy (non-hydrogen) atoms. The normalized spacial score (nSPS) is 11.2. The van der Waals surface area contributed by atoms with Gasteiger partial charge in [0.2, 0.25) is 0 Å². The fourth-order valence-electron chi connectivity index (χ4n) is 1.27.